The molecule has 2 amide bonds. The number of benzene rings is 2. The van der Waals surface area contributed by atoms with Crippen LogP contribution in [0.25, 0.3) is 0 Å². The average molecular weight is 476 g/mol. The van der Waals surface area contributed by atoms with Gasteiger partial charge in [0.25, 0.3) is 5.91 Å². The van der Waals surface area contributed by atoms with Crippen LogP contribution in [0.1, 0.15) is 36.5 Å². The van der Waals surface area contributed by atoms with Crippen LogP contribution in [0.15, 0.2) is 42.5 Å². The van der Waals surface area contributed by atoms with Crippen LogP contribution < -0.4 is 15.1 Å². The summed E-state index contributed by atoms with van der Waals surface area (Å²) < 4.78 is 0. The molecule has 1 unspecified atom stereocenters. The zero-order chi connectivity index (χ0) is 23.8. The highest BCUT2D eigenvalue weighted by atomic mass is 35.5. The number of nitrogens with zero attached hydrogens (tertiary/aromatic N) is 4. The number of fused-ring (bicyclic) bond motifs is 2. The average Bonchev–Trinajstić information content (AvgIpc) is 3.62. The quantitative estimate of drug-likeness (QED) is 0.713. The first-order valence-corrected chi connectivity index (χ1v) is 12.1. The molecule has 2 saturated carbocycles. The first-order valence-electron chi connectivity index (χ1n) is 11.7. The molecular formula is C26H26ClN5O2. The van der Waals surface area contributed by atoms with Crippen molar-refractivity contribution in [2.24, 2.45) is 5.41 Å². The van der Waals surface area contributed by atoms with Crippen LogP contribution in [-0.2, 0) is 4.79 Å². The monoisotopic (exact) mass is 475 g/mol. The Morgan fingerprint density at radius 2 is 1.97 bits per heavy atom. The molecule has 7 nitrogen and oxygen atoms in total. The van der Waals surface area contributed by atoms with Gasteiger partial charge in [-0.15, -0.1) is 0 Å². The standard InChI is InChI=1S/C26H26ClN5O2/c1-16(29-12-23(33)32-18(11-28)10-25-14-26(25,32)15-25)13-31-22-6-4-3-5-21(22)30(2)20-8-7-17(27)9-19(20)24(31)34/h3-9,16,18,29H,10,12-15H2,1-2H3/t16-,18?,25?,26?/m0/s1. The van der Waals surface area contributed by atoms with Gasteiger partial charge in [0.05, 0.1) is 40.8 Å². The molecule has 3 fully saturated rings. The van der Waals surface area contributed by atoms with Crippen LogP contribution in [0.3, 0.4) is 0 Å². The highest BCUT2D eigenvalue weighted by Crippen LogP contribution is 2.87. The van der Waals surface area contributed by atoms with Gasteiger partial charge in [-0.2, -0.15) is 5.26 Å². The molecule has 4 aliphatic rings. The maximum Gasteiger partial charge on any atom is 0.260 e. The third-order valence-electron chi connectivity index (χ3n) is 8.16. The molecule has 1 saturated heterocycles. The fourth-order valence-electron chi connectivity index (χ4n) is 6.21. The van der Waals surface area contributed by atoms with E-state index in [1.165, 1.54) is 0 Å². The van der Waals surface area contributed by atoms with E-state index in [1.54, 1.807) is 17.0 Å². The Bertz CT molecular complexity index is 1260. The molecular weight excluding hydrogens is 450 g/mol. The molecule has 2 aromatic rings. The third-order valence-corrected chi connectivity index (χ3v) is 8.40. The molecule has 0 spiro atoms. The summed E-state index contributed by atoms with van der Waals surface area (Å²) in [7, 11) is 1.94. The maximum atomic E-state index is 13.7. The Hall–Kier alpha value is -3.08. The highest BCUT2D eigenvalue weighted by Gasteiger charge is 2.90. The Morgan fingerprint density at radius 3 is 2.71 bits per heavy atom. The number of nitrogens with one attached hydrogen (secondary N) is 1. The topological polar surface area (TPSA) is 79.7 Å². The van der Waals surface area contributed by atoms with E-state index in [1.807, 2.05) is 54.1 Å². The van der Waals surface area contributed by atoms with Gasteiger partial charge in [-0.3, -0.25) is 9.59 Å². The minimum atomic E-state index is -0.303. The molecule has 2 aromatic carbocycles. The van der Waals surface area contributed by atoms with Crippen molar-refractivity contribution in [2.45, 2.75) is 43.8 Å². The number of anilines is 3. The van der Waals surface area contributed by atoms with Gasteiger partial charge in [-0.05, 0) is 56.5 Å². The number of amides is 2. The van der Waals surface area contributed by atoms with Crippen LogP contribution in [0.2, 0.25) is 5.02 Å². The molecule has 6 rings (SSSR count). The van der Waals surface area contributed by atoms with Gasteiger partial charge in [0.15, 0.2) is 0 Å². The van der Waals surface area contributed by atoms with Crippen molar-refractivity contribution >= 4 is 40.5 Å². The summed E-state index contributed by atoms with van der Waals surface area (Å²) in [6, 6.07) is 15.0. The molecule has 2 aliphatic heterocycles. The molecule has 0 aromatic heterocycles. The molecule has 8 heteroatoms. The SMILES string of the molecule is C[C@@H](CN1C(=O)c2cc(Cl)ccc2N(C)c2ccccc21)NCC(=O)N1C(C#N)CC23CC12C3. The second kappa shape index (κ2) is 7.21. The first kappa shape index (κ1) is 21.5. The molecule has 0 bridgehead atoms. The molecule has 1 N–H and O–H groups in total. The van der Waals surface area contributed by atoms with Gasteiger partial charge in [-0.25, -0.2) is 0 Å². The number of hydrogen-bond donors (Lipinski definition) is 1. The van der Waals surface area contributed by atoms with Crippen molar-refractivity contribution in [3.05, 3.63) is 53.1 Å². The Morgan fingerprint density at radius 1 is 1.24 bits per heavy atom. The van der Waals surface area contributed by atoms with E-state index in [0.717, 1.165) is 36.3 Å². The van der Waals surface area contributed by atoms with Crippen LogP contribution >= 0.6 is 11.6 Å². The molecule has 2 heterocycles. The van der Waals surface area contributed by atoms with E-state index in [-0.39, 0.29) is 41.4 Å². The fraction of sp³-hybridized carbons (Fsp3) is 0.423. The smallest absolute Gasteiger partial charge is 0.260 e. The van der Waals surface area contributed by atoms with Crippen molar-refractivity contribution in [3.8, 4) is 6.07 Å². The number of piperidine rings is 2. The zero-order valence-corrected chi connectivity index (χ0v) is 20.0. The number of hydrogen-bond acceptors (Lipinski definition) is 5. The van der Waals surface area contributed by atoms with Gasteiger partial charge < -0.3 is 20.0 Å². The van der Waals surface area contributed by atoms with Crippen molar-refractivity contribution in [1.82, 2.24) is 10.2 Å². The van der Waals surface area contributed by atoms with Crippen LogP contribution in [0.5, 0.6) is 0 Å². The lowest BCUT2D eigenvalue weighted by molar-refractivity contribution is -0.133. The maximum absolute atomic E-state index is 13.7. The van der Waals surface area contributed by atoms with E-state index in [9.17, 15) is 14.9 Å². The molecule has 34 heavy (non-hydrogen) atoms. The van der Waals surface area contributed by atoms with Gasteiger partial charge >= 0.3 is 0 Å². The minimum absolute atomic E-state index is 0.0188. The Balaban J connectivity index is 1.21. The third kappa shape index (κ3) is 2.92. The van der Waals surface area contributed by atoms with Crippen molar-refractivity contribution in [2.75, 3.05) is 29.9 Å². The summed E-state index contributed by atoms with van der Waals surface area (Å²) in [5.41, 5.74) is 3.30. The molecule has 2 aliphatic carbocycles. The number of carbonyl (C=O) groups excluding carboxylic acids is 2. The number of carbonyl (C=O) groups is 2. The number of likely N-dealkylation sites (tertiary alicyclic amines) is 1. The van der Waals surface area contributed by atoms with Crippen LogP contribution in [0, 0.1) is 16.7 Å². The van der Waals surface area contributed by atoms with Gasteiger partial charge in [-0.1, -0.05) is 23.7 Å². The first-order chi connectivity index (χ1) is 16.3. The summed E-state index contributed by atoms with van der Waals surface area (Å²) >= 11 is 6.24. The van der Waals surface area contributed by atoms with Gasteiger partial charge in [0.1, 0.15) is 6.04 Å². The lowest BCUT2D eigenvalue weighted by atomic mass is 10.0. The predicted molar refractivity (Wildman–Crippen MR) is 130 cm³/mol. The van der Waals surface area contributed by atoms with Crippen LogP contribution in [-0.4, -0.2) is 54.5 Å². The normalized spacial score (nSPS) is 28.8. The molecule has 2 atom stereocenters. The summed E-state index contributed by atoms with van der Waals surface area (Å²) in [5, 5.41) is 13.3. The second-order valence-electron chi connectivity index (χ2n) is 10.2. The molecule has 0 radical (unpaired) electrons. The van der Waals surface area contributed by atoms with Crippen LogP contribution in [0.4, 0.5) is 17.1 Å². The lowest BCUT2D eigenvalue weighted by Gasteiger charge is -2.31. The van der Waals surface area contributed by atoms with E-state index >= 15 is 0 Å². The summed E-state index contributed by atoms with van der Waals surface area (Å²) in [6.45, 7) is 2.52. The van der Waals surface area contributed by atoms with E-state index in [2.05, 4.69) is 11.4 Å². The number of halogens is 1. The van der Waals surface area contributed by atoms with E-state index < -0.39 is 0 Å². The van der Waals surface area contributed by atoms with Crippen molar-refractivity contribution in [3.63, 3.8) is 0 Å². The number of nitriles is 1. The Labute approximate surface area is 203 Å². The lowest BCUT2D eigenvalue weighted by Crippen LogP contribution is -2.50. The summed E-state index contributed by atoms with van der Waals surface area (Å²) in [4.78, 5) is 32.3. The Kier molecular flexibility index (Phi) is 4.55. The van der Waals surface area contributed by atoms with Crippen molar-refractivity contribution < 1.29 is 9.59 Å². The minimum Gasteiger partial charge on any atom is -0.342 e. The highest BCUT2D eigenvalue weighted by molar-refractivity contribution is 6.31. The number of para-hydroxylation sites is 2. The summed E-state index contributed by atoms with van der Waals surface area (Å²) in [6.07, 6.45) is 2.92. The zero-order valence-electron chi connectivity index (χ0n) is 19.2. The fourth-order valence-corrected chi connectivity index (χ4v) is 6.39. The van der Waals surface area contributed by atoms with E-state index in [0.29, 0.717) is 17.1 Å². The molecule has 174 valence electrons. The van der Waals surface area contributed by atoms with E-state index in [4.69, 9.17) is 11.6 Å². The van der Waals surface area contributed by atoms with Gasteiger partial charge in [0.2, 0.25) is 5.91 Å². The van der Waals surface area contributed by atoms with Crippen molar-refractivity contribution in [1.29, 1.82) is 5.26 Å². The second-order valence-corrected chi connectivity index (χ2v) is 10.6. The predicted octanol–water partition coefficient (Wildman–Crippen LogP) is 3.70. The number of rotatable bonds is 5. The summed E-state index contributed by atoms with van der Waals surface area (Å²) in [5.74, 6) is -0.146. The van der Waals surface area contributed by atoms with Gasteiger partial charge in [0, 0.05) is 30.1 Å². The largest absolute Gasteiger partial charge is 0.342 e.